The van der Waals surface area contributed by atoms with Crippen molar-refractivity contribution >= 4 is 8.32 Å². The molecule has 1 aliphatic rings. The molecule has 1 nitrogen and oxygen atoms in total. The fourth-order valence-corrected chi connectivity index (χ4v) is 4.15. The molecular formula is C15H22OSi. The molecule has 1 saturated carbocycles. The summed E-state index contributed by atoms with van der Waals surface area (Å²) < 4.78 is 6.40. The molecule has 2 unspecified atom stereocenters. The molecule has 92 valence electrons. The predicted molar refractivity (Wildman–Crippen MR) is 75.8 cm³/mol. The van der Waals surface area contributed by atoms with Crippen molar-refractivity contribution in [2.24, 2.45) is 0 Å². The highest BCUT2D eigenvalue weighted by Crippen LogP contribution is 2.50. The maximum Gasteiger partial charge on any atom is 0.184 e. The minimum Gasteiger partial charge on any atom is -0.408 e. The lowest BCUT2D eigenvalue weighted by atomic mass is 9.66. The van der Waals surface area contributed by atoms with Gasteiger partial charge < -0.3 is 4.43 Å². The van der Waals surface area contributed by atoms with Crippen LogP contribution in [0.15, 0.2) is 43.0 Å². The van der Waals surface area contributed by atoms with E-state index in [-0.39, 0.29) is 5.60 Å². The first-order valence-corrected chi connectivity index (χ1v) is 9.76. The summed E-state index contributed by atoms with van der Waals surface area (Å²) in [4.78, 5) is 0. The third kappa shape index (κ3) is 2.53. The lowest BCUT2D eigenvalue weighted by Gasteiger charge is -2.51. The SMILES string of the molecule is C=CC1(O[Si](C)(C)C)CCC1c1ccccc1. The van der Waals surface area contributed by atoms with Crippen molar-refractivity contribution in [3.63, 3.8) is 0 Å². The molecule has 1 fully saturated rings. The average Bonchev–Trinajstić information content (AvgIpc) is 2.24. The maximum atomic E-state index is 6.40. The molecule has 0 saturated heterocycles. The predicted octanol–water partition coefficient (Wildman–Crippen LogP) is 4.34. The van der Waals surface area contributed by atoms with Gasteiger partial charge in [0, 0.05) is 5.92 Å². The lowest BCUT2D eigenvalue weighted by molar-refractivity contribution is 0.00540. The number of hydrogen-bond acceptors (Lipinski definition) is 1. The molecule has 0 heterocycles. The van der Waals surface area contributed by atoms with Gasteiger partial charge in [0.1, 0.15) is 0 Å². The first-order valence-electron chi connectivity index (χ1n) is 6.36. The van der Waals surface area contributed by atoms with Crippen LogP contribution in [0.3, 0.4) is 0 Å². The molecule has 0 spiro atoms. The zero-order valence-electron chi connectivity index (χ0n) is 11.1. The minimum absolute atomic E-state index is 0.105. The van der Waals surface area contributed by atoms with Crippen LogP contribution in [0.25, 0.3) is 0 Å². The Morgan fingerprint density at radius 3 is 2.35 bits per heavy atom. The van der Waals surface area contributed by atoms with E-state index in [1.807, 2.05) is 6.08 Å². The van der Waals surface area contributed by atoms with Crippen LogP contribution < -0.4 is 0 Å². The van der Waals surface area contributed by atoms with Crippen molar-refractivity contribution in [1.82, 2.24) is 0 Å². The number of rotatable bonds is 4. The van der Waals surface area contributed by atoms with Gasteiger partial charge in [-0.3, -0.25) is 0 Å². The van der Waals surface area contributed by atoms with E-state index < -0.39 is 8.32 Å². The van der Waals surface area contributed by atoms with Gasteiger partial charge in [0.2, 0.25) is 0 Å². The van der Waals surface area contributed by atoms with Crippen molar-refractivity contribution in [1.29, 1.82) is 0 Å². The molecular weight excluding hydrogens is 224 g/mol. The van der Waals surface area contributed by atoms with Crippen molar-refractivity contribution in [2.75, 3.05) is 0 Å². The average molecular weight is 246 g/mol. The summed E-state index contributed by atoms with van der Waals surface area (Å²) >= 11 is 0. The zero-order chi connectivity index (χ0) is 12.5. The molecule has 2 rings (SSSR count). The Labute approximate surface area is 106 Å². The quantitative estimate of drug-likeness (QED) is 0.567. The van der Waals surface area contributed by atoms with Gasteiger partial charge in [-0.1, -0.05) is 36.4 Å². The summed E-state index contributed by atoms with van der Waals surface area (Å²) in [5.74, 6) is 0.493. The minimum atomic E-state index is -1.53. The highest BCUT2D eigenvalue weighted by molar-refractivity contribution is 6.69. The summed E-state index contributed by atoms with van der Waals surface area (Å²) in [6, 6.07) is 10.7. The van der Waals surface area contributed by atoms with E-state index in [1.165, 1.54) is 12.0 Å². The summed E-state index contributed by atoms with van der Waals surface area (Å²) in [6.07, 6.45) is 4.35. The first kappa shape index (κ1) is 12.6. The van der Waals surface area contributed by atoms with Crippen molar-refractivity contribution in [3.8, 4) is 0 Å². The van der Waals surface area contributed by atoms with Crippen molar-refractivity contribution < 1.29 is 4.43 Å². The second-order valence-corrected chi connectivity index (χ2v) is 10.3. The van der Waals surface area contributed by atoms with Crippen LogP contribution in [0.5, 0.6) is 0 Å². The Balaban J connectivity index is 2.23. The van der Waals surface area contributed by atoms with Crippen molar-refractivity contribution in [3.05, 3.63) is 48.6 Å². The van der Waals surface area contributed by atoms with Gasteiger partial charge in [-0.2, -0.15) is 0 Å². The van der Waals surface area contributed by atoms with Gasteiger partial charge in [0.15, 0.2) is 8.32 Å². The second kappa shape index (κ2) is 4.43. The third-order valence-corrected chi connectivity index (χ3v) is 4.45. The van der Waals surface area contributed by atoms with E-state index in [9.17, 15) is 0 Å². The molecule has 0 radical (unpaired) electrons. The van der Waals surface area contributed by atoms with Crippen LogP contribution >= 0.6 is 0 Å². The molecule has 1 aromatic carbocycles. The van der Waals surface area contributed by atoms with Gasteiger partial charge in [0.25, 0.3) is 0 Å². The fraction of sp³-hybridized carbons (Fsp3) is 0.467. The highest BCUT2D eigenvalue weighted by Gasteiger charge is 2.48. The molecule has 0 aliphatic heterocycles. The first-order chi connectivity index (χ1) is 7.97. The largest absolute Gasteiger partial charge is 0.408 e. The van der Waals surface area contributed by atoms with E-state index in [1.54, 1.807) is 0 Å². The standard InChI is InChI=1S/C15H22OSi/c1-5-15(16-17(2,3)4)12-11-14(15)13-9-7-6-8-10-13/h5-10,14H,1,11-12H2,2-4H3. The van der Waals surface area contributed by atoms with Crippen LogP contribution in [-0.4, -0.2) is 13.9 Å². The van der Waals surface area contributed by atoms with E-state index in [0.29, 0.717) is 5.92 Å². The van der Waals surface area contributed by atoms with Gasteiger partial charge in [-0.15, -0.1) is 6.58 Å². The molecule has 0 N–H and O–H groups in total. The Morgan fingerprint density at radius 1 is 1.29 bits per heavy atom. The molecule has 0 bridgehead atoms. The fourth-order valence-electron chi connectivity index (χ4n) is 2.69. The number of benzene rings is 1. The van der Waals surface area contributed by atoms with E-state index in [0.717, 1.165) is 6.42 Å². The van der Waals surface area contributed by atoms with Crippen LogP contribution in [0.2, 0.25) is 19.6 Å². The van der Waals surface area contributed by atoms with Gasteiger partial charge in [-0.05, 0) is 38.0 Å². The number of hydrogen-bond donors (Lipinski definition) is 0. The summed E-state index contributed by atoms with van der Waals surface area (Å²) in [5.41, 5.74) is 1.28. The summed E-state index contributed by atoms with van der Waals surface area (Å²) in [7, 11) is -1.53. The van der Waals surface area contributed by atoms with Gasteiger partial charge in [0.05, 0.1) is 5.60 Å². The third-order valence-electron chi connectivity index (χ3n) is 3.46. The summed E-state index contributed by atoms with van der Waals surface area (Å²) in [6.45, 7) is 10.8. The monoisotopic (exact) mass is 246 g/mol. The Kier molecular flexibility index (Phi) is 3.28. The van der Waals surface area contributed by atoms with E-state index in [2.05, 4.69) is 56.6 Å². The molecule has 0 amide bonds. The van der Waals surface area contributed by atoms with Crippen LogP contribution in [0.1, 0.15) is 24.3 Å². The lowest BCUT2D eigenvalue weighted by Crippen LogP contribution is -2.51. The Hall–Kier alpha value is -0.863. The molecule has 2 heteroatoms. The van der Waals surface area contributed by atoms with Crippen LogP contribution in [0, 0.1) is 0 Å². The highest BCUT2D eigenvalue weighted by atomic mass is 28.4. The smallest absolute Gasteiger partial charge is 0.184 e. The van der Waals surface area contributed by atoms with Crippen LogP contribution in [0.4, 0.5) is 0 Å². The molecule has 2 atom stereocenters. The van der Waals surface area contributed by atoms with Gasteiger partial charge >= 0.3 is 0 Å². The van der Waals surface area contributed by atoms with Crippen molar-refractivity contribution in [2.45, 2.75) is 44.0 Å². The zero-order valence-corrected chi connectivity index (χ0v) is 12.1. The van der Waals surface area contributed by atoms with E-state index in [4.69, 9.17) is 4.43 Å². The molecule has 1 aromatic rings. The summed E-state index contributed by atoms with van der Waals surface area (Å²) in [5, 5.41) is 0. The van der Waals surface area contributed by atoms with E-state index >= 15 is 0 Å². The molecule has 0 aromatic heterocycles. The Bertz CT molecular complexity index is 393. The topological polar surface area (TPSA) is 9.23 Å². The Morgan fingerprint density at radius 2 is 1.94 bits per heavy atom. The molecule has 17 heavy (non-hydrogen) atoms. The maximum absolute atomic E-state index is 6.40. The van der Waals surface area contributed by atoms with Crippen LogP contribution in [-0.2, 0) is 4.43 Å². The second-order valence-electron chi connectivity index (χ2n) is 5.88. The molecule has 1 aliphatic carbocycles. The normalized spacial score (nSPS) is 28.5. The van der Waals surface area contributed by atoms with Gasteiger partial charge in [-0.25, -0.2) is 0 Å².